The molecular formula is C14H16N2O. The van der Waals surface area contributed by atoms with Crippen LogP contribution in [-0.4, -0.2) is 24.2 Å². The van der Waals surface area contributed by atoms with Crippen LogP contribution in [0, 0.1) is 0 Å². The van der Waals surface area contributed by atoms with Gasteiger partial charge in [-0.15, -0.1) is 0 Å². The second-order valence-electron chi connectivity index (χ2n) is 4.14. The van der Waals surface area contributed by atoms with Crippen LogP contribution in [-0.2, 0) is 0 Å². The molecule has 1 unspecified atom stereocenters. The van der Waals surface area contributed by atoms with Crippen molar-refractivity contribution in [1.29, 1.82) is 0 Å². The normalized spacial score (nSPS) is 12.2. The molecule has 0 aliphatic carbocycles. The average molecular weight is 228 g/mol. The van der Waals surface area contributed by atoms with Crippen molar-refractivity contribution in [3.05, 3.63) is 59.9 Å². The summed E-state index contributed by atoms with van der Waals surface area (Å²) < 4.78 is 0. The standard InChI is InChI=1S/C14H16N2O/c1-16(2)12-8-6-11(7-9-12)14(17)13-5-3-4-10-15-13/h3-10,14,17H,1-2H3. The molecular weight excluding hydrogens is 212 g/mol. The molecule has 0 amide bonds. The molecule has 3 nitrogen and oxygen atoms in total. The van der Waals surface area contributed by atoms with Gasteiger partial charge in [0.05, 0.1) is 5.69 Å². The van der Waals surface area contributed by atoms with Crippen LogP contribution in [0.4, 0.5) is 5.69 Å². The number of benzene rings is 1. The van der Waals surface area contributed by atoms with E-state index in [0.29, 0.717) is 5.69 Å². The molecule has 0 saturated heterocycles. The molecule has 0 bridgehead atoms. The number of pyridine rings is 1. The van der Waals surface area contributed by atoms with Crippen LogP contribution in [0.5, 0.6) is 0 Å². The first-order chi connectivity index (χ1) is 8.18. The van der Waals surface area contributed by atoms with Crippen LogP contribution in [0.1, 0.15) is 17.4 Å². The highest BCUT2D eigenvalue weighted by Crippen LogP contribution is 2.22. The molecule has 2 aromatic rings. The van der Waals surface area contributed by atoms with E-state index in [9.17, 15) is 5.11 Å². The van der Waals surface area contributed by atoms with E-state index in [2.05, 4.69) is 4.98 Å². The average Bonchev–Trinajstić information content (AvgIpc) is 2.39. The number of hydrogen-bond acceptors (Lipinski definition) is 3. The zero-order valence-electron chi connectivity index (χ0n) is 10.0. The lowest BCUT2D eigenvalue weighted by Crippen LogP contribution is -2.09. The summed E-state index contributed by atoms with van der Waals surface area (Å²) in [5, 5.41) is 10.1. The second kappa shape index (κ2) is 4.97. The molecule has 1 N–H and O–H groups in total. The minimum atomic E-state index is -0.660. The van der Waals surface area contributed by atoms with Crippen molar-refractivity contribution in [1.82, 2.24) is 4.98 Å². The van der Waals surface area contributed by atoms with Crippen LogP contribution in [0.2, 0.25) is 0 Å². The molecule has 0 radical (unpaired) electrons. The van der Waals surface area contributed by atoms with Crippen molar-refractivity contribution in [3.8, 4) is 0 Å². The fraction of sp³-hybridized carbons (Fsp3) is 0.214. The largest absolute Gasteiger partial charge is 0.382 e. The van der Waals surface area contributed by atoms with E-state index < -0.39 is 6.10 Å². The molecule has 0 aliphatic heterocycles. The van der Waals surface area contributed by atoms with E-state index >= 15 is 0 Å². The van der Waals surface area contributed by atoms with Gasteiger partial charge in [0.1, 0.15) is 6.10 Å². The van der Waals surface area contributed by atoms with Crippen LogP contribution < -0.4 is 4.90 Å². The molecule has 0 saturated carbocycles. The number of nitrogens with zero attached hydrogens (tertiary/aromatic N) is 2. The summed E-state index contributed by atoms with van der Waals surface area (Å²) in [6, 6.07) is 13.4. The Morgan fingerprint density at radius 2 is 1.76 bits per heavy atom. The third-order valence-electron chi connectivity index (χ3n) is 2.69. The molecule has 1 atom stereocenters. The minimum absolute atomic E-state index is 0.660. The fourth-order valence-corrected chi connectivity index (χ4v) is 1.66. The Morgan fingerprint density at radius 3 is 2.29 bits per heavy atom. The molecule has 0 aliphatic rings. The number of aromatic nitrogens is 1. The van der Waals surface area contributed by atoms with E-state index in [0.717, 1.165) is 11.3 Å². The van der Waals surface area contributed by atoms with Gasteiger partial charge in [-0.05, 0) is 29.8 Å². The Morgan fingerprint density at radius 1 is 1.06 bits per heavy atom. The summed E-state index contributed by atoms with van der Waals surface area (Å²) in [6.45, 7) is 0. The van der Waals surface area contributed by atoms with Gasteiger partial charge >= 0.3 is 0 Å². The number of hydrogen-bond donors (Lipinski definition) is 1. The van der Waals surface area contributed by atoms with Gasteiger partial charge in [-0.1, -0.05) is 18.2 Å². The van der Waals surface area contributed by atoms with E-state index in [1.165, 1.54) is 0 Å². The summed E-state index contributed by atoms with van der Waals surface area (Å²) in [6.07, 6.45) is 1.03. The molecule has 1 aromatic carbocycles. The highest BCUT2D eigenvalue weighted by atomic mass is 16.3. The van der Waals surface area contributed by atoms with Crippen molar-refractivity contribution >= 4 is 5.69 Å². The highest BCUT2D eigenvalue weighted by Gasteiger charge is 2.10. The Bertz CT molecular complexity index is 465. The molecule has 0 fully saturated rings. The third kappa shape index (κ3) is 2.63. The van der Waals surface area contributed by atoms with Crippen LogP contribution in [0.25, 0.3) is 0 Å². The van der Waals surface area contributed by atoms with Crippen molar-refractivity contribution in [2.75, 3.05) is 19.0 Å². The van der Waals surface area contributed by atoms with Crippen molar-refractivity contribution in [2.24, 2.45) is 0 Å². The quantitative estimate of drug-likeness (QED) is 0.875. The maximum absolute atomic E-state index is 10.1. The van der Waals surface area contributed by atoms with Crippen LogP contribution in [0.3, 0.4) is 0 Å². The van der Waals surface area contributed by atoms with Crippen molar-refractivity contribution < 1.29 is 5.11 Å². The maximum atomic E-state index is 10.1. The van der Waals surface area contributed by atoms with Gasteiger partial charge in [0, 0.05) is 26.0 Å². The van der Waals surface area contributed by atoms with E-state index in [4.69, 9.17) is 0 Å². The van der Waals surface area contributed by atoms with Gasteiger partial charge < -0.3 is 10.0 Å². The van der Waals surface area contributed by atoms with Gasteiger partial charge in [0.15, 0.2) is 0 Å². The van der Waals surface area contributed by atoms with Gasteiger partial charge in [0.25, 0.3) is 0 Å². The number of aliphatic hydroxyl groups is 1. The van der Waals surface area contributed by atoms with E-state index in [1.807, 2.05) is 61.5 Å². The molecule has 17 heavy (non-hydrogen) atoms. The molecule has 2 rings (SSSR count). The smallest absolute Gasteiger partial charge is 0.121 e. The second-order valence-corrected chi connectivity index (χ2v) is 4.14. The first-order valence-electron chi connectivity index (χ1n) is 5.55. The number of rotatable bonds is 3. The number of anilines is 1. The SMILES string of the molecule is CN(C)c1ccc(C(O)c2ccccn2)cc1. The monoisotopic (exact) mass is 228 g/mol. The highest BCUT2D eigenvalue weighted by molar-refractivity contribution is 5.47. The van der Waals surface area contributed by atoms with Crippen LogP contribution in [0.15, 0.2) is 48.7 Å². The first-order valence-corrected chi connectivity index (χ1v) is 5.55. The van der Waals surface area contributed by atoms with Gasteiger partial charge in [-0.25, -0.2) is 0 Å². The van der Waals surface area contributed by atoms with E-state index in [1.54, 1.807) is 6.20 Å². The van der Waals surface area contributed by atoms with Crippen LogP contribution >= 0.6 is 0 Å². The molecule has 0 spiro atoms. The topological polar surface area (TPSA) is 36.4 Å². The molecule has 1 heterocycles. The summed E-state index contributed by atoms with van der Waals surface area (Å²) >= 11 is 0. The Hall–Kier alpha value is -1.87. The van der Waals surface area contributed by atoms with Gasteiger partial charge in [0.2, 0.25) is 0 Å². The summed E-state index contributed by atoms with van der Waals surface area (Å²) in [5.74, 6) is 0. The lowest BCUT2D eigenvalue weighted by Gasteiger charge is -2.14. The Kier molecular flexibility index (Phi) is 3.40. The van der Waals surface area contributed by atoms with E-state index in [-0.39, 0.29) is 0 Å². The summed E-state index contributed by atoms with van der Waals surface area (Å²) in [5.41, 5.74) is 2.64. The maximum Gasteiger partial charge on any atom is 0.121 e. The van der Waals surface area contributed by atoms with Gasteiger partial charge in [-0.3, -0.25) is 4.98 Å². The Labute approximate surface area is 101 Å². The third-order valence-corrected chi connectivity index (χ3v) is 2.69. The lowest BCUT2D eigenvalue weighted by atomic mass is 10.1. The zero-order chi connectivity index (χ0) is 12.3. The predicted molar refractivity (Wildman–Crippen MR) is 69.1 cm³/mol. The molecule has 3 heteroatoms. The van der Waals surface area contributed by atoms with Crippen molar-refractivity contribution in [3.63, 3.8) is 0 Å². The minimum Gasteiger partial charge on any atom is -0.382 e. The Balaban J connectivity index is 2.23. The molecule has 88 valence electrons. The van der Waals surface area contributed by atoms with Crippen molar-refractivity contribution in [2.45, 2.75) is 6.10 Å². The number of aliphatic hydroxyl groups excluding tert-OH is 1. The summed E-state index contributed by atoms with van der Waals surface area (Å²) in [4.78, 5) is 6.18. The molecule has 1 aromatic heterocycles. The zero-order valence-corrected chi connectivity index (χ0v) is 10.0. The summed E-state index contributed by atoms with van der Waals surface area (Å²) in [7, 11) is 3.98. The lowest BCUT2D eigenvalue weighted by molar-refractivity contribution is 0.215. The fourth-order valence-electron chi connectivity index (χ4n) is 1.66. The van der Waals surface area contributed by atoms with Gasteiger partial charge in [-0.2, -0.15) is 0 Å². The predicted octanol–water partition coefficient (Wildman–Crippen LogP) is 2.23. The first kappa shape index (κ1) is 11.6.